The summed E-state index contributed by atoms with van der Waals surface area (Å²) in [4.78, 5) is 24.4. The van der Waals surface area contributed by atoms with Crippen LogP contribution < -0.4 is 4.90 Å². The Morgan fingerprint density at radius 3 is 2.58 bits per heavy atom. The van der Waals surface area contributed by atoms with Gasteiger partial charge in [-0.3, -0.25) is 9.59 Å². The Hall–Kier alpha value is -1.84. The van der Waals surface area contributed by atoms with Crippen molar-refractivity contribution in [2.45, 2.75) is 33.1 Å². The van der Waals surface area contributed by atoms with E-state index in [-0.39, 0.29) is 18.9 Å². The van der Waals surface area contributed by atoms with Gasteiger partial charge in [0.1, 0.15) is 0 Å². The van der Waals surface area contributed by atoms with Gasteiger partial charge in [-0.25, -0.2) is 0 Å². The molecule has 1 saturated heterocycles. The van der Waals surface area contributed by atoms with Crippen molar-refractivity contribution in [1.82, 2.24) is 0 Å². The minimum atomic E-state index is -0.897. The maximum absolute atomic E-state index is 11.9. The third kappa shape index (κ3) is 2.62. The molecular formula is C15H19NO3. The van der Waals surface area contributed by atoms with Gasteiger partial charge in [0.2, 0.25) is 5.91 Å². The Morgan fingerprint density at radius 2 is 2.11 bits per heavy atom. The summed E-state index contributed by atoms with van der Waals surface area (Å²) in [5, 5.41) is 8.99. The second-order valence-electron chi connectivity index (χ2n) is 5.44. The van der Waals surface area contributed by atoms with E-state index in [1.807, 2.05) is 25.1 Å². The maximum atomic E-state index is 11.9. The lowest BCUT2D eigenvalue weighted by Gasteiger charge is -2.19. The number of anilines is 1. The normalized spacial score (nSPS) is 19.3. The van der Waals surface area contributed by atoms with E-state index in [0.717, 1.165) is 11.3 Å². The van der Waals surface area contributed by atoms with E-state index in [4.69, 9.17) is 5.11 Å². The average Bonchev–Trinajstić information content (AvgIpc) is 2.71. The number of amides is 1. The molecule has 1 amide bonds. The van der Waals surface area contributed by atoms with Crippen molar-refractivity contribution in [2.24, 2.45) is 5.92 Å². The summed E-state index contributed by atoms with van der Waals surface area (Å²) in [5.41, 5.74) is 3.19. The number of aryl methyl sites for hydroxylation is 1. The molecule has 1 N–H and O–H groups in total. The molecule has 4 heteroatoms. The van der Waals surface area contributed by atoms with Gasteiger partial charge in [0, 0.05) is 18.7 Å². The van der Waals surface area contributed by atoms with Crippen LogP contribution in [0, 0.1) is 12.8 Å². The number of nitrogens with zero attached hydrogens (tertiary/aromatic N) is 1. The Labute approximate surface area is 113 Å². The van der Waals surface area contributed by atoms with Gasteiger partial charge in [0.05, 0.1) is 5.92 Å². The van der Waals surface area contributed by atoms with Gasteiger partial charge in [-0.15, -0.1) is 0 Å². The molecule has 0 aromatic heterocycles. The average molecular weight is 261 g/mol. The van der Waals surface area contributed by atoms with Crippen LogP contribution in [-0.4, -0.2) is 23.5 Å². The highest BCUT2D eigenvalue weighted by molar-refractivity contribution is 5.99. The third-order valence-electron chi connectivity index (χ3n) is 3.66. The number of hydrogen-bond acceptors (Lipinski definition) is 2. The second kappa shape index (κ2) is 5.03. The van der Waals surface area contributed by atoms with Crippen LogP contribution in [0.25, 0.3) is 0 Å². The molecule has 1 aromatic rings. The van der Waals surface area contributed by atoms with Crippen molar-refractivity contribution < 1.29 is 14.7 Å². The Bertz CT molecular complexity index is 522. The van der Waals surface area contributed by atoms with Crippen molar-refractivity contribution in [2.75, 3.05) is 11.4 Å². The van der Waals surface area contributed by atoms with E-state index in [9.17, 15) is 9.59 Å². The Balaban J connectivity index is 2.26. The summed E-state index contributed by atoms with van der Waals surface area (Å²) in [6.07, 6.45) is 0.0975. The van der Waals surface area contributed by atoms with Crippen molar-refractivity contribution in [3.8, 4) is 0 Å². The minimum Gasteiger partial charge on any atom is -0.481 e. The molecule has 0 spiro atoms. The first kappa shape index (κ1) is 13.6. The zero-order valence-electron chi connectivity index (χ0n) is 11.5. The lowest BCUT2D eigenvalue weighted by atomic mass is 9.97. The third-order valence-corrected chi connectivity index (χ3v) is 3.66. The first-order valence-electron chi connectivity index (χ1n) is 6.54. The van der Waals surface area contributed by atoms with Gasteiger partial charge in [-0.2, -0.15) is 0 Å². The zero-order chi connectivity index (χ0) is 14.2. The summed E-state index contributed by atoms with van der Waals surface area (Å²) in [5.74, 6) is -1.15. The highest BCUT2D eigenvalue weighted by Crippen LogP contribution is 2.29. The van der Waals surface area contributed by atoms with Crippen LogP contribution >= 0.6 is 0 Å². The fraction of sp³-hybridized carbons (Fsp3) is 0.467. The van der Waals surface area contributed by atoms with E-state index in [0.29, 0.717) is 5.92 Å². The van der Waals surface area contributed by atoms with Crippen LogP contribution in [0.1, 0.15) is 37.3 Å². The molecule has 1 atom stereocenters. The molecule has 1 aliphatic heterocycles. The van der Waals surface area contributed by atoms with Crippen LogP contribution in [0.2, 0.25) is 0 Å². The Morgan fingerprint density at radius 1 is 1.42 bits per heavy atom. The molecule has 0 saturated carbocycles. The van der Waals surface area contributed by atoms with Gasteiger partial charge in [0.15, 0.2) is 0 Å². The number of aliphatic carboxylic acids is 1. The lowest BCUT2D eigenvalue weighted by Crippen LogP contribution is -2.25. The van der Waals surface area contributed by atoms with Crippen molar-refractivity contribution >= 4 is 17.6 Å². The van der Waals surface area contributed by atoms with Crippen LogP contribution in [0.15, 0.2) is 18.2 Å². The zero-order valence-corrected chi connectivity index (χ0v) is 11.5. The van der Waals surface area contributed by atoms with Gasteiger partial charge < -0.3 is 10.0 Å². The van der Waals surface area contributed by atoms with E-state index in [2.05, 4.69) is 13.8 Å². The maximum Gasteiger partial charge on any atom is 0.308 e. The van der Waals surface area contributed by atoms with Crippen LogP contribution in [0.5, 0.6) is 0 Å². The molecule has 1 unspecified atom stereocenters. The number of carboxylic acid groups (broad SMARTS) is 1. The van der Waals surface area contributed by atoms with Crippen molar-refractivity contribution in [1.29, 1.82) is 0 Å². The van der Waals surface area contributed by atoms with Gasteiger partial charge in [-0.05, 0) is 36.1 Å². The highest BCUT2D eigenvalue weighted by atomic mass is 16.4. The molecule has 1 heterocycles. The van der Waals surface area contributed by atoms with E-state index in [1.54, 1.807) is 4.90 Å². The van der Waals surface area contributed by atoms with Crippen LogP contribution in [0.3, 0.4) is 0 Å². The predicted octanol–water partition coefficient (Wildman–Crippen LogP) is 2.56. The number of rotatable bonds is 3. The summed E-state index contributed by atoms with van der Waals surface area (Å²) in [6, 6.07) is 5.90. The Kier molecular flexibility index (Phi) is 3.60. The van der Waals surface area contributed by atoms with Crippen molar-refractivity contribution in [3.63, 3.8) is 0 Å². The van der Waals surface area contributed by atoms with Crippen LogP contribution in [0.4, 0.5) is 5.69 Å². The quantitative estimate of drug-likeness (QED) is 0.909. The highest BCUT2D eigenvalue weighted by Gasteiger charge is 2.35. The van der Waals surface area contributed by atoms with E-state index < -0.39 is 11.9 Å². The molecule has 0 bridgehead atoms. The summed E-state index contributed by atoms with van der Waals surface area (Å²) in [6.45, 7) is 6.55. The molecule has 2 rings (SSSR count). The molecule has 4 nitrogen and oxygen atoms in total. The molecule has 102 valence electrons. The number of carbonyl (C=O) groups is 2. The first-order valence-corrected chi connectivity index (χ1v) is 6.54. The first-order chi connectivity index (χ1) is 8.90. The monoisotopic (exact) mass is 261 g/mol. The molecular weight excluding hydrogens is 242 g/mol. The summed E-state index contributed by atoms with van der Waals surface area (Å²) in [7, 11) is 0. The molecule has 19 heavy (non-hydrogen) atoms. The smallest absolute Gasteiger partial charge is 0.308 e. The molecule has 1 aliphatic rings. The number of hydrogen-bond donors (Lipinski definition) is 1. The SMILES string of the molecule is Cc1cc(N2CC(C(=O)O)CC2=O)ccc1C(C)C. The lowest BCUT2D eigenvalue weighted by molar-refractivity contribution is -0.141. The molecule has 1 aromatic carbocycles. The molecule has 1 fully saturated rings. The van der Waals surface area contributed by atoms with Gasteiger partial charge >= 0.3 is 5.97 Å². The number of benzene rings is 1. The molecule has 0 radical (unpaired) electrons. The van der Waals surface area contributed by atoms with Gasteiger partial charge in [0.25, 0.3) is 0 Å². The minimum absolute atomic E-state index is 0.0975. The standard InChI is InChI=1S/C15H19NO3/c1-9(2)13-5-4-12(6-10(13)3)16-8-11(15(18)19)7-14(16)17/h4-6,9,11H,7-8H2,1-3H3,(H,18,19). The van der Waals surface area contributed by atoms with Gasteiger partial charge in [-0.1, -0.05) is 19.9 Å². The predicted molar refractivity (Wildman–Crippen MR) is 73.4 cm³/mol. The van der Waals surface area contributed by atoms with Crippen molar-refractivity contribution in [3.05, 3.63) is 29.3 Å². The molecule has 0 aliphatic carbocycles. The number of carbonyl (C=O) groups excluding carboxylic acids is 1. The van der Waals surface area contributed by atoms with E-state index in [1.165, 1.54) is 5.56 Å². The fourth-order valence-corrected chi connectivity index (χ4v) is 2.60. The largest absolute Gasteiger partial charge is 0.481 e. The van der Waals surface area contributed by atoms with Crippen LogP contribution in [-0.2, 0) is 9.59 Å². The van der Waals surface area contributed by atoms with E-state index >= 15 is 0 Å². The second-order valence-corrected chi connectivity index (χ2v) is 5.44. The summed E-state index contributed by atoms with van der Waals surface area (Å²) >= 11 is 0. The fourth-order valence-electron chi connectivity index (χ4n) is 2.60. The summed E-state index contributed by atoms with van der Waals surface area (Å²) < 4.78 is 0. The topological polar surface area (TPSA) is 57.6 Å². The number of carboxylic acids is 1.